The van der Waals surface area contributed by atoms with Crippen LogP contribution in [0.1, 0.15) is 26.9 Å². The summed E-state index contributed by atoms with van der Waals surface area (Å²) in [5.74, 6) is 3.05. The van der Waals surface area contributed by atoms with Crippen molar-refractivity contribution in [3.8, 4) is 17.2 Å². The van der Waals surface area contributed by atoms with Crippen molar-refractivity contribution in [2.24, 2.45) is 0 Å². The molecule has 0 aromatic heterocycles. The van der Waals surface area contributed by atoms with Crippen LogP contribution in [0.2, 0.25) is 0 Å². The Hall–Kier alpha value is -3.12. The first-order valence-electron chi connectivity index (χ1n) is 9.87. The number of hydrogen-bond donors (Lipinski definition) is 0. The van der Waals surface area contributed by atoms with E-state index in [-0.39, 0.29) is 18.1 Å². The molecule has 5 rings (SSSR count). The molecule has 6 heteroatoms. The average Bonchev–Trinajstić information content (AvgIpc) is 3.47. The first-order valence-corrected chi connectivity index (χ1v) is 10.9. The second kappa shape index (κ2) is 8.32. The lowest BCUT2D eigenvalue weighted by atomic mass is 10.1. The predicted molar refractivity (Wildman–Crippen MR) is 116 cm³/mol. The molecule has 0 spiro atoms. The van der Waals surface area contributed by atoms with Crippen molar-refractivity contribution in [3.63, 3.8) is 0 Å². The SMILES string of the molecule is O=C(c1ccc2c(c1)OCO2)N1CCSC1c1ccc(OCc2ccccc2)cc1. The first-order chi connectivity index (χ1) is 14.8. The molecule has 0 saturated carbocycles. The van der Waals surface area contributed by atoms with Gasteiger partial charge in [-0.3, -0.25) is 4.79 Å². The van der Waals surface area contributed by atoms with Gasteiger partial charge in [-0.25, -0.2) is 0 Å². The number of hydrogen-bond acceptors (Lipinski definition) is 5. The van der Waals surface area contributed by atoms with E-state index in [1.165, 1.54) is 0 Å². The van der Waals surface area contributed by atoms with Gasteiger partial charge in [-0.2, -0.15) is 0 Å². The Balaban J connectivity index is 1.28. The van der Waals surface area contributed by atoms with Crippen LogP contribution in [0.15, 0.2) is 72.8 Å². The molecule has 3 aromatic rings. The van der Waals surface area contributed by atoms with Crippen LogP contribution in [0.4, 0.5) is 0 Å². The molecule has 3 aromatic carbocycles. The zero-order chi connectivity index (χ0) is 20.3. The van der Waals surface area contributed by atoms with Crippen LogP contribution in [-0.2, 0) is 6.61 Å². The van der Waals surface area contributed by atoms with Crippen molar-refractivity contribution in [2.75, 3.05) is 19.1 Å². The third kappa shape index (κ3) is 3.83. The number of benzene rings is 3. The smallest absolute Gasteiger partial charge is 0.255 e. The van der Waals surface area contributed by atoms with E-state index in [2.05, 4.69) is 0 Å². The lowest BCUT2D eigenvalue weighted by molar-refractivity contribution is 0.0760. The maximum absolute atomic E-state index is 13.1. The van der Waals surface area contributed by atoms with E-state index in [1.807, 2.05) is 59.5 Å². The Morgan fingerprint density at radius 2 is 1.80 bits per heavy atom. The maximum atomic E-state index is 13.1. The highest BCUT2D eigenvalue weighted by Crippen LogP contribution is 2.40. The molecule has 0 radical (unpaired) electrons. The number of rotatable bonds is 5. The van der Waals surface area contributed by atoms with Crippen LogP contribution in [-0.4, -0.2) is 29.9 Å². The zero-order valence-corrected chi connectivity index (χ0v) is 17.1. The minimum Gasteiger partial charge on any atom is -0.489 e. The van der Waals surface area contributed by atoms with Gasteiger partial charge in [-0.15, -0.1) is 11.8 Å². The van der Waals surface area contributed by atoms with E-state index < -0.39 is 0 Å². The average molecular weight is 420 g/mol. The molecule has 1 saturated heterocycles. The van der Waals surface area contributed by atoms with Crippen molar-refractivity contribution < 1.29 is 19.0 Å². The normalized spacial score (nSPS) is 17.2. The summed E-state index contributed by atoms with van der Waals surface area (Å²) < 4.78 is 16.6. The number of thioether (sulfide) groups is 1. The molecule has 0 N–H and O–H groups in total. The molecule has 152 valence electrons. The van der Waals surface area contributed by atoms with Gasteiger partial charge in [0.1, 0.15) is 17.7 Å². The second-order valence-corrected chi connectivity index (χ2v) is 8.32. The Morgan fingerprint density at radius 1 is 1.00 bits per heavy atom. The van der Waals surface area contributed by atoms with E-state index in [0.717, 1.165) is 29.2 Å². The van der Waals surface area contributed by atoms with Gasteiger partial charge in [0.05, 0.1) is 0 Å². The molecule has 1 atom stereocenters. The lowest BCUT2D eigenvalue weighted by Gasteiger charge is -2.24. The van der Waals surface area contributed by atoms with Crippen molar-refractivity contribution in [3.05, 3.63) is 89.5 Å². The van der Waals surface area contributed by atoms with Crippen LogP contribution < -0.4 is 14.2 Å². The quantitative estimate of drug-likeness (QED) is 0.590. The summed E-state index contributed by atoms with van der Waals surface area (Å²) in [6, 6.07) is 23.5. The van der Waals surface area contributed by atoms with E-state index in [9.17, 15) is 4.79 Å². The maximum Gasteiger partial charge on any atom is 0.255 e. The summed E-state index contributed by atoms with van der Waals surface area (Å²) in [5.41, 5.74) is 2.85. The van der Waals surface area contributed by atoms with Gasteiger partial charge in [0.25, 0.3) is 5.91 Å². The Bertz CT molecular complexity index is 1040. The van der Waals surface area contributed by atoms with Crippen LogP contribution in [0, 0.1) is 0 Å². The number of carbonyl (C=O) groups is 1. The van der Waals surface area contributed by atoms with Crippen molar-refractivity contribution in [1.29, 1.82) is 0 Å². The van der Waals surface area contributed by atoms with E-state index >= 15 is 0 Å². The molecule has 1 unspecified atom stereocenters. The fourth-order valence-corrected chi connectivity index (χ4v) is 4.88. The highest BCUT2D eigenvalue weighted by Gasteiger charge is 2.32. The molecule has 0 bridgehead atoms. The van der Waals surface area contributed by atoms with Gasteiger partial charge in [0, 0.05) is 17.9 Å². The fraction of sp³-hybridized carbons (Fsp3) is 0.208. The van der Waals surface area contributed by atoms with Gasteiger partial charge in [0.2, 0.25) is 6.79 Å². The van der Waals surface area contributed by atoms with Crippen LogP contribution in [0.3, 0.4) is 0 Å². The molecule has 30 heavy (non-hydrogen) atoms. The number of amides is 1. The van der Waals surface area contributed by atoms with Crippen LogP contribution in [0.25, 0.3) is 0 Å². The lowest BCUT2D eigenvalue weighted by Crippen LogP contribution is -2.30. The number of ether oxygens (including phenoxy) is 3. The summed E-state index contributed by atoms with van der Waals surface area (Å²) in [7, 11) is 0. The zero-order valence-electron chi connectivity index (χ0n) is 16.3. The van der Waals surface area contributed by atoms with E-state index in [1.54, 1.807) is 30.0 Å². The molecular weight excluding hydrogens is 398 g/mol. The van der Waals surface area contributed by atoms with Crippen LogP contribution in [0.5, 0.6) is 17.2 Å². The van der Waals surface area contributed by atoms with Gasteiger partial charge < -0.3 is 19.1 Å². The molecule has 1 fully saturated rings. The summed E-state index contributed by atoms with van der Waals surface area (Å²) >= 11 is 1.78. The minimum absolute atomic E-state index is 0.00713. The largest absolute Gasteiger partial charge is 0.489 e. The molecule has 0 aliphatic carbocycles. The third-order valence-electron chi connectivity index (χ3n) is 5.18. The Morgan fingerprint density at radius 3 is 2.63 bits per heavy atom. The standard InChI is InChI=1S/C24H21NO4S/c26-23(19-8-11-21-22(14-19)29-16-28-21)25-12-13-30-24(25)18-6-9-20(10-7-18)27-15-17-4-2-1-3-5-17/h1-11,14,24H,12-13,15-16H2. The summed E-state index contributed by atoms with van der Waals surface area (Å²) in [4.78, 5) is 15.1. The molecule has 2 aliphatic rings. The van der Waals surface area contributed by atoms with Gasteiger partial charge in [0.15, 0.2) is 11.5 Å². The second-order valence-electron chi connectivity index (χ2n) is 7.13. The highest BCUT2D eigenvalue weighted by molar-refractivity contribution is 7.99. The van der Waals surface area contributed by atoms with Gasteiger partial charge in [-0.1, -0.05) is 42.5 Å². The van der Waals surface area contributed by atoms with Gasteiger partial charge in [-0.05, 0) is 41.5 Å². The van der Waals surface area contributed by atoms with Crippen molar-refractivity contribution in [2.45, 2.75) is 12.0 Å². The summed E-state index contributed by atoms with van der Waals surface area (Å²) in [6.45, 7) is 1.45. The van der Waals surface area contributed by atoms with Crippen molar-refractivity contribution in [1.82, 2.24) is 4.90 Å². The number of carbonyl (C=O) groups excluding carboxylic acids is 1. The Kier molecular flexibility index (Phi) is 5.24. The molecule has 2 heterocycles. The van der Waals surface area contributed by atoms with Crippen molar-refractivity contribution >= 4 is 17.7 Å². The molecule has 1 amide bonds. The van der Waals surface area contributed by atoms with E-state index in [4.69, 9.17) is 14.2 Å². The topological polar surface area (TPSA) is 48.0 Å². The minimum atomic E-state index is -0.00824. The van der Waals surface area contributed by atoms with E-state index in [0.29, 0.717) is 23.7 Å². The molecule has 5 nitrogen and oxygen atoms in total. The Labute approximate surface area is 179 Å². The number of nitrogens with zero attached hydrogens (tertiary/aromatic N) is 1. The van der Waals surface area contributed by atoms with Gasteiger partial charge >= 0.3 is 0 Å². The molecule has 2 aliphatic heterocycles. The predicted octanol–water partition coefficient (Wildman–Crippen LogP) is 4.88. The number of fused-ring (bicyclic) bond motifs is 1. The third-order valence-corrected chi connectivity index (χ3v) is 6.45. The van der Waals surface area contributed by atoms with Crippen LogP contribution >= 0.6 is 11.8 Å². The fourth-order valence-electron chi connectivity index (χ4n) is 3.62. The summed E-state index contributed by atoms with van der Waals surface area (Å²) in [5, 5.41) is -0.00824. The highest BCUT2D eigenvalue weighted by atomic mass is 32.2. The molecular formula is C24H21NO4S. The monoisotopic (exact) mass is 419 g/mol. The summed E-state index contributed by atoms with van der Waals surface area (Å²) in [6.07, 6.45) is 0. The first kappa shape index (κ1) is 18.9.